The monoisotopic (exact) mass is 355 g/mol. The van der Waals surface area contributed by atoms with Gasteiger partial charge in [-0.2, -0.15) is 0 Å². The summed E-state index contributed by atoms with van der Waals surface area (Å²) in [4.78, 5) is 23.6. The fraction of sp³-hybridized carbons (Fsp3) is 0.300. The quantitative estimate of drug-likeness (QED) is 0.798. The predicted molar refractivity (Wildman–Crippen MR) is 95.6 cm³/mol. The number of nitrogens with one attached hydrogen (secondary N) is 1. The van der Waals surface area contributed by atoms with Gasteiger partial charge in [-0.05, 0) is 47.7 Å². The third kappa shape index (κ3) is 3.79. The molecule has 1 saturated carbocycles. The van der Waals surface area contributed by atoms with Gasteiger partial charge in [0.15, 0.2) is 0 Å². The molecule has 0 radical (unpaired) electrons. The molecule has 6 nitrogen and oxygen atoms in total. The minimum absolute atomic E-state index is 0.0227. The minimum atomic E-state index is -1.06. The highest BCUT2D eigenvalue weighted by Gasteiger charge is 2.43. The van der Waals surface area contributed by atoms with Gasteiger partial charge in [-0.3, -0.25) is 4.79 Å². The number of carboxylic acid groups (broad SMARTS) is 1. The number of carboxylic acids is 1. The average Bonchev–Trinajstić information content (AvgIpc) is 3.46. The van der Waals surface area contributed by atoms with Gasteiger partial charge < -0.3 is 19.9 Å². The molecule has 0 unspecified atom stereocenters. The summed E-state index contributed by atoms with van der Waals surface area (Å²) in [5.74, 6) is 0.150. The van der Waals surface area contributed by atoms with Crippen molar-refractivity contribution in [1.82, 2.24) is 5.32 Å². The third-order valence-electron chi connectivity index (χ3n) is 4.61. The summed E-state index contributed by atoms with van der Waals surface area (Å²) in [5, 5.41) is 12.1. The van der Waals surface area contributed by atoms with Crippen molar-refractivity contribution in [2.24, 2.45) is 5.92 Å². The molecular formula is C20H21NO5. The standard InChI is InChI=1S/C20H21NO5/c1-25-14-5-3-4-13(9-14)15-10-16(15)19(22)21-11-12-6-7-18(26-2)17(8-12)20(23)24/h3-9,15-16H,10-11H2,1-2H3,(H,21,22)(H,23,24)/t15-,16+/m0/s1. The van der Waals surface area contributed by atoms with Crippen molar-refractivity contribution in [2.75, 3.05) is 14.2 Å². The van der Waals surface area contributed by atoms with Crippen molar-refractivity contribution in [3.8, 4) is 11.5 Å². The van der Waals surface area contributed by atoms with Crippen molar-refractivity contribution < 1.29 is 24.2 Å². The summed E-state index contributed by atoms with van der Waals surface area (Å²) < 4.78 is 10.3. The van der Waals surface area contributed by atoms with E-state index in [9.17, 15) is 14.7 Å². The van der Waals surface area contributed by atoms with Crippen molar-refractivity contribution >= 4 is 11.9 Å². The van der Waals surface area contributed by atoms with Gasteiger partial charge in [-0.1, -0.05) is 18.2 Å². The average molecular weight is 355 g/mol. The van der Waals surface area contributed by atoms with E-state index in [4.69, 9.17) is 9.47 Å². The Morgan fingerprint density at radius 1 is 1.15 bits per heavy atom. The van der Waals surface area contributed by atoms with E-state index in [0.29, 0.717) is 5.75 Å². The van der Waals surface area contributed by atoms with Crippen molar-refractivity contribution in [2.45, 2.75) is 18.9 Å². The van der Waals surface area contributed by atoms with E-state index >= 15 is 0 Å². The Bertz CT molecular complexity index is 833. The Balaban J connectivity index is 1.60. The van der Waals surface area contributed by atoms with Gasteiger partial charge in [-0.25, -0.2) is 4.79 Å². The summed E-state index contributed by atoms with van der Waals surface area (Å²) >= 11 is 0. The minimum Gasteiger partial charge on any atom is -0.497 e. The first-order valence-electron chi connectivity index (χ1n) is 8.35. The van der Waals surface area contributed by atoms with Gasteiger partial charge in [0.1, 0.15) is 17.1 Å². The number of aromatic carboxylic acids is 1. The largest absolute Gasteiger partial charge is 0.497 e. The summed E-state index contributed by atoms with van der Waals surface area (Å²) in [6.07, 6.45) is 0.808. The number of amides is 1. The van der Waals surface area contributed by atoms with E-state index in [1.807, 2.05) is 24.3 Å². The molecule has 0 spiro atoms. The SMILES string of the molecule is COc1cccc([C@@H]2C[C@H]2C(=O)NCc2ccc(OC)c(C(=O)O)c2)c1. The second kappa shape index (κ2) is 7.47. The van der Waals surface area contributed by atoms with Crippen LogP contribution in [-0.2, 0) is 11.3 Å². The van der Waals surface area contributed by atoms with Gasteiger partial charge in [0, 0.05) is 12.5 Å². The highest BCUT2D eigenvalue weighted by Crippen LogP contribution is 2.48. The van der Waals surface area contributed by atoms with Crippen molar-refractivity contribution in [3.63, 3.8) is 0 Å². The molecule has 0 saturated heterocycles. The molecule has 1 amide bonds. The summed E-state index contributed by atoms with van der Waals surface area (Å²) in [6, 6.07) is 12.6. The van der Waals surface area contributed by atoms with Gasteiger partial charge >= 0.3 is 5.97 Å². The molecule has 0 bridgehead atoms. The Hall–Kier alpha value is -3.02. The van der Waals surface area contributed by atoms with Crippen LogP contribution in [0, 0.1) is 5.92 Å². The second-order valence-electron chi connectivity index (χ2n) is 6.28. The second-order valence-corrected chi connectivity index (χ2v) is 6.28. The molecule has 6 heteroatoms. The Morgan fingerprint density at radius 2 is 1.96 bits per heavy atom. The smallest absolute Gasteiger partial charge is 0.339 e. The molecular weight excluding hydrogens is 334 g/mol. The first-order valence-corrected chi connectivity index (χ1v) is 8.35. The molecule has 0 heterocycles. The van der Waals surface area contributed by atoms with Crippen LogP contribution in [0.2, 0.25) is 0 Å². The summed E-state index contributed by atoms with van der Waals surface area (Å²) in [5.41, 5.74) is 1.90. The van der Waals surface area contributed by atoms with Crippen LogP contribution in [0.5, 0.6) is 11.5 Å². The molecule has 0 aromatic heterocycles. The van der Waals surface area contributed by atoms with E-state index in [-0.39, 0.29) is 29.9 Å². The van der Waals surface area contributed by atoms with Crippen LogP contribution < -0.4 is 14.8 Å². The van der Waals surface area contributed by atoms with Crippen LogP contribution in [-0.4, -0.2) is 31.2 Å². The molecule has 1 aliphatic rings. The molecule has 2 aromatic carbocycles. The van der Waals surface area contributed by atoms with E-state index in [2.05, 4.69) is 5.32 Å². The zero-order valence-electron chi connectivity index (χ0n) is 14.7. The number of hydrogen-bond donors (Lipinski definition) is 2. The normalized spacial score (nSPS) is 18.1. The number of hydrogen-bond acceptors (Lipinski definition) is 4. The topological polar surface area (TPSA) is 84.9 Å². The lowest BCUT2D eigenvalue weighted by Gasteiger charge is -2.09. The number of carbonyl (C=O) groups excluding carboxylic acids is 1. The lowest BCUT2D eigenvalue weighted by atomic mass is 10.1. The van der Waals surface area contributed by atoms with Crippen LogP contribution in [0.1, 0.15) is 33.8 Å². The van der Waals surface area contributed by atoms with Crippen molar-refractivity contribution in [1.29, 1.82) is 0 Å². The number of carbonyl (C=O) groups is 2. The molecule has 1 fully saturated rings. The molecule has 3 rings (SSSR count). The molecule has 26 heavy (non-hydrogen) atoms. The highest BCUT2D eigenvalue weighted by atomic mass is 16.5. The van der Waals surface area contributed by atoms with Gasteiger partial charge in [0.25, 0.3) is 0 Å². The highest BCUT2D eigenvalue weighted by molar-refractivity contribution is 5.91. The lowest BCUT2D eigenvalue weighted by Crippen LogP contribution is -2.25. The first kappa shape index (κ1) is 17.8. The van der Waals surface area contributed by atoms with E-state index < -0.39 is 5.97 Å². The third-order valence-corrected chi connectivity index (χ3v) is 4.61. The Morgan fingerprint density at radius 3 is 2.65 bits per heavy atom. The Labute approximate surface area is 151 Å². The van der Waals surface area contributed by atoms with Crippen LogP contribution in [0.25, 0.3) is 0 Å². The Kier molecular flexibility index (Phi) is 5.11. The van der Waals surface area contributed by atoms with Gasteiger partial charge in [0.2, 0.25) is 5.91 Å². The van der Waals surface area contributed by atoms with Crippen LogP contribution in [0.3, 0.4) is 0 Å². The number of ether oxygens (including phenoxy) is 2. The number of benzene rings is 2. The van der Waals surface area contributed by atoms with Crippen LogP contribution in [0.4, 0.5) is 0 Å². The van der Waals surface area contributed by atoms with Crippen LogP contribution in [0.15, 0.2) is 42.5 Å². The summed E-state index contributed by atoms with van der Waals surface area (Å²) in [7, 11) is 3.05. The lowest BCUT2D eigenvalue weighted by molar-refractivity contribution is -0.122. The van der Waals surface area contributed by atoms with Crippen molar-refractivity contribution in [3.05, 3.63) is 59.2 Å². The van der Waals surface area contributed by atoms with E-state index in [1.54, 1.807) is 19.2 Å². The molecule has 136 valence electrons. The molecule has 2 N–H and O–H groups in total. The molecule has 2 atom stereocenters. The zero-order valence-corrected chi connectivity index (χ0v) is 14.7. The maximum absolute atomic E-state index is 12.4. The number of methoxy groups -OCH3 is 2. The number of rotatable bonds is 7. The molecule has 2 aromatic rings. The first-order chi connectivity index (χ1) is 12.5. The fourth-order valence-electron chi connectivity index (χ4n) is 3.08. The fourth-order valence-corrected chi connectivity index (χ4v) is 3.08. The summed E-state index contributed by atoms with van der Waals surface area (Å²) in [6.45, 7) is 0.282. The maximum atomic E-state index is 12.4. The van der Waals surface area contributed by atoms with E-state index in [0.717, 1.165) is 23.3 Å². The predicted octanol–water partition coefficient (Wildman–Crippen LogP) is 2.82. The van der Waals surface area contributed by atoms with E-state index in [1.165, 1.54) is 13.2 Å². The van der Waals surface area contributed by atoms with Gasteiger partial charge in [-0.15, -0.1) is 0 Å². The van der Waals surface area contributed by atoms with Crippen LogP contribution >= 0.6 is 0 Å². The maximum Gasteiger partial charge on any atom is 0.339 e. The molecule has 1 aliphatic carbocycles. The van der Waals surface area contributed by atoms with Gasteiger partial charge in [0.05, 0.1) is 14.2 Å². The zero-order chi connectivity index (χ0) is 18.7. The molecule has 0 aliphatic heterocycles.